The summed E-state index contributed by atoms with van der Waals surface area (Å²) in [6, 6.07) is 6.02. The van der Waals surface area contributed by atoms with Crippen LogP contribution in [0.2, 0.25) is 0 Å². The van der Waals surface area contributed by atoms with Gasteiger partial charge >= 0.3 is 0 Å². The highest BCUT2D eigenvalue weighted by Gasteiger charge is 2.24. The molecule has 1 aromatic rings. The van der Waals surface area contributed by atoms with E-state index >= 15 is 0 Å². The number of aliphatic hydroxyl groups excluding tert-OH is 2. The number of nitrogens with one attached hydrogen (secondary N) is 1. The molecule has 1 saturated carbocycles. The number of benzene rings is 1. The molecule has 0 radical (unpaired) electrons. The van der Waals surface area contributed by atoms with Crippen molar-refractivity contribution < 1.29 is 14.9 Å². The van der Waals surface area contributed by atoms with Crippen molar-refractivity contribution in [1.29, 1.82) is 0 Å². The summed E-state index contributed by atoms with van der Waals surface area (Å²) < 4.78 is 5.66. The number of rotatable bonds is 7. The van der Waals surface area contributed by atoms with Gasteiger partial charge in [-0.05, 0) is 44.2 Å². The predicted octanol–water partition coefficient (Wildman–Crippen LogP) is 1.79. The molecule has 0 saturated heterocycles. The molecule has 1 aromatic carbocycles. The maximum Gasteiger partial charge on any atom is 0.122 e. The van der Waals surface area contributed by atoms with Crippen LogP contribution in [0.15, 0.2) is 18.2 Å². The fraction of sp³-hybridized carbons (Fsp3) is 0.647. The Morgan fingerprint density at radius 1 is 1.33 bits per heavy atom. The van der Waals surface area contributed by atoms with Gasteiger partial charge in [-0.25, -0.2) is 0 Å². The Morgan fingerprint density at radius 3 is 2.81 bits per heavy atom. The average Bonchev–Trinajstić information content (AvgIpc) is 2.83. The Bertz CT molecular complexity index is 450. The molecular formula is C17H27NO3. The first-order valence-corrected chi connectivity index (χ1v) is 7.83. The van der Waals surface area contributed by atoms with Crippen LogP contribution in [0, 0.1) is 19.8 Å². The van der Waals surface area contributed by atoms with Gasteiger partial charge in [0, 0.05) is 13.1 Å². The summed E-state index contributed by atoms with van der Waals surface area (Å²) in [6.45, 7) is 5.60. The van der Waals surface area contributed by atoms with E-state index in [1.54, 1.807) is 0 Å². The van der Waals surface area contributed by atoms with Crippen LogP contribution in [0.3, 0.4) is 0 Å². The van der Waals surface area contributed by atoms with Gasteiger partial charge < -0.3 is 20.3 Å². The van der Waals surface area contributed by atoms with Gasteiger partial charge in [0.1, 0.15) is 18.5 Å². The van der Waals surface area contributed by atoms with E-state index in [1.165, 1.54) is 5.56 Å². The fourth-order valence-corrected chi connectivity index (χ4v) is 2.90. The van der Waals surface area contributed by atoms with Gasteiger partial charge in [-0.3, -0.25) is 0 Å². The van der Waals surface area contributed by atoms with Crippen LogP contribution in [0.25, 0.3) is 0 Å². The van der Waals surface area contributed by atoms with E-state index in [1.807, 2.05) is 26.0 Å². The number of aliphatic hydroxyl groups is 2. The van der Waals surface area contributed by atoms with Gasteiger partial charge in [-0.1, -0.05) is 24.1 Å². The third-order valence-electron chi connectivity index (χ3n) is 4.17. The summed E-state index contributed by atoms with van der Waals surface area (Å²) in [5.74, 6) is 1.16. The zero-order valence-corrected chi connectivity index (χ0v) is 13.0. The summed E-state index contributed by atoms with van der Waals surface area (Å²) in [5, 5.41) is 22.9. The Balaban J connectivity index is 1.66. The minimum Gasteiger partial charge on any atom is -0.491 e. The molecule has 4 nitrogen and oxygen atoms in total. The molecule has 0 amide bonds. The van der Waals surface area contributed by atoms with E-state index in [2.05, 4.69) is 11.4 Å². The van der Waals surface area contributed by atoms with Crippen LogP contribution in [0.1, 0.15) is 30.4 Å². The molecule has 4 heteroatoms. The first kappa shape index (κ1) is 16.3. The topological polar surface area (TPSA) is 61.7 Å². The van der Waals surface area contributed by atoms with Gasteiger partial charge in [0.25, 0.3) is 0 Å². The summed E-state index contributed by atoms with van der Waals surface area (Å²) in [4.78, 5) is 0. The van der Waals surface area contributed by atoms with E-state index in [0.717, 1.165) is 37.1 Å². The third-order valence-corrected chi connectivity index (χ3v) is 4.17. The highest BCUT2D eigenvalue weighted by Crippen LogP contribution is 2.24. The third kappa shape index (κ3) is 4.99. The van der Waals surface area contributed by atoms with Crippen molar-refractivity contribution in [2.24, 2.45) is 5.92 Å². The average molecular weight is 293 g/mol. The lowest BCUT2D eigenvalue weighted by Gasteiger charge is -2.18. The minimum absolute atomic E-state index is 0.180. The number of ether oxygens (including phenoxy) is 1. The summed E-state index contributed by atoms with van der Waals surface area (Å²) in [7, 11) is 0. The normalized spacial score (nSPS) is 23.2. The maximum atomic E-state index is 9.95. The van der Waals surface area contributed by atoms with E-state index in [9.17, 15) is 10.2 Å². The zero-order chi connectivity index (χ0) is 15.2. The van der Waals surface area contributed by atoms with Gasteiger partial charge in [0.05, 0.1) is 6.10 Å². The number of hydrogen-bond donors (Lipinski definition) is 3. The molecular weight excluding hydrogens is 266 g/mol. The van der Waals surface area contributed by atoms with Crippen molar-refractivity contribution >= 4 is 0 Å². The second kappa shape index (κ2) is 7.78. The molecule has 0 bridgehead atoms. The molecule has 2 rings (SSSR count). The van der Waals surface area contributed by atoms with E-state index < -0.39 is 6.10 Å². The minimum atomic E-state index is -0.538. The molecule has 3 unspecified atom stereocenters. The lowest BCUT2D eigenvalue weighted by molar-refractivity contribution is 0.0978. The van der Waals surface area contributed by atoms with E-state index in [4.69, 9.17) is 4.74 Å². The molecule has 118 valence electrons. The molecule has 1 aliphatic rings. The Kier molecular flexibility index (Phi) is 6.03. The van der Waals surface area contributed by atoms with Crippen LogP contribution >= 0.6 is 0 Å². The number of aryl methyl sites for hydroxylation is 2. The maximum absolute atomic E-state index is 9.95. The van der Waals surface area contributed by atoms with Crippen LogP contribution in [-0.2, 0) is 0 Å². The molecule has 3 atom stereocenters. The van der Waals surface area contributed by atoms with Crippen LogP contribution in [0.4, 0.5) is 0 Å². The summed E-state index contributed by atoms with van der Waals surface area (Å²) in [5.41, 5.74) is 2.29. The first-order valence-electron chi connectivity index (χ1n) is 7.83. The molecule has 1 aliphatic carbocycles. The van der Waals surface area contributed by atoms with Crippen molar-refractivity contribution in [3.63, 3.8) is 0 Å². The lowest BCUT2D eigenvalue weighted by atomic mass is 10.1. The van der Waals surface area contributed by atoms with Crippen LogP contribution in [0.5, 0.6) is 5.75 Å². The van der Waals surface area contributed by atoms with Crippen molar-refractivity contribution in [3.05, 3.63) is 29.3 Å². The predicted molar refractivity (Wildman–Crippen MR) is 83.6 cm³/mol. The number of hydrogen-bond acceptors (Lipinski definition) is 4. The molecule has 0 spiro atoms. The summed E-state index contributed by atoms with van der Waals surface area (Å²) in [6.07, 6.45) is 2.37. The summed E-state index contributed by atoms with van der Waals surface area (Å²) >= 11 is 0. The zero-order valence-electron chi connectivity index (χ0n) is 13.0. The van der Waals surface area contributed by atoms with Gasteiger partial charge in [-0.15, -0.1) is 0 Å². The standard InChI is InChI=1S/C17H27NO3/c1-12-6-7-17(13(2)8-12)21-11-15(19)10-18-9-14-4-3-5-16(14)20/h6-8,14-16,18-20H,3-5,9-11H2,1-2H3. The fourth-order valence-electron chi connectivity index (χ4n) is 2.90. The monoisotopic (exact) mass is 293 g/mol. The first-order chi connectivity index (χ1) is 10.1. The highest BCUT2D eigenvalue weighted by molar-refractivity contribution is 5.35. The molecule has 1 fully saturated rings. The molecule has 0 aliphatic heterocycles. The van der Waals surface area contributed by atoms with Crippen LogP contribution in [-0.4, -0.2) is 42.1 Å². The molecule has 0 aromatic heterocycles. The van der Waals surface area contributed by atoms with Crippen molar-refractivity contribution in [1.82, 2.24) is 5.32 Å². The quantitative estimate of drug-likeness (QED) is 0.717. The van der Waals surface area contributed by atoms with Crippen LogP contribution < -0.4 is 10.1 Å². The van der Waals surface area contributed by atoms with E-state index in [-0.39, 0.29) is 12.7 Å². The van der Waals surface area contributed by atoms with Gasteiger partial charge in [0.15, 0.2) is 0 Å². The van der Waals surface area contributed by atoms with Gasteiger partial charge in [-0.2, -0.15) is 0 Å². The molecule has 21 heavy (non-hydrogen) atoms. The second-order valence-electron chi connectivity index (χ2n) is 6.15. The van der Waals surface area contributed by atoms with Crippen molar-refractivity contribution in [2.45, 2.75) is 45.3 Å². The largest absolute Gasteiger partial charge is 0.491 e. The van der Waals surface area contributed by atoms with Crippen molar-refractivity contribution in [2.75, 3.05) is 19.7 Å². The lowest BCUT2D eigenvalue weighted by Crippen LogP contribution is -2.36. The Morgan fingerprint density at radius 2 is 2.14 bits per heavy atom. The molecule has 0 heterocycles. The highest BCUT2D eigenvalue weighted by atomic mass is 16.5. The second-order valence-corrected chi connectivity index (χ2v) is 6.15. The SMILES string of the molecule is Cc1ccc(OCC(O)CNCC2CCCC2O)c(C)c1. The Labute approximate surface area is 127 Å². The Hall–Kier alpha value is -1.10. The van der Waals surface area contributed by atoms with Crippen molar-refractivity contribution in [3.8, 4) is 5.75 Å². The van der Waals surface area contributed by atoms with E-state index in [0.29, 0.717) is 12.5 Å². The smallest absolute Gasteiger partial charge is 0.122 e. The van der Waals surface area contributed by atoms with Gasteiger partial charge in [0.2, 0.25) is 0 Å². The molecule has 3 N–H and O–H groups in total.